The summed E-state index contributed by atoms with van der Waals surface area (Å²) in [7, 11) is 0. The van der Waals surface area contributed by atoms with E-state index in [2.05, 4.69) is 5.32 Å². The van der Waals surface area contributed by atoms with Crippen LogP contribution in [0.3, 0.4) is 0 Å². The summed E-state index contributed by atoms with van der Waals surface area (Å²) in [6, 6.07) is 15.0. The van der Waals surface area contributed by atoms with Crippen LogP contribution in [0.4, 0.5) is 0 Å². The fourth-order valence-corrected chi connectivity index (χ4v) is 2.13. The Morgan fingerprint density at radius 2 is 1.92 bits per heavy atom. The van der Waals surface area contributed by atoms with Crippen LogP contribution in [0.5, 0.6) is 5.75 Å². The largest absolute Gasteiger partial charge is 0.489 e. The van der Waals surface area contributed by atoms with E-state index < -0.39 is 11.9 Å². The summed E-state index contributed by atoms with van der Waals surface area (Å²) in [4.78, 5) is 22.2. The summed E-state index contributed by atoms with van der Waals surface area (Å²) in [5.74, 6) is -1.01. The van der Waals surface area contributed by atoms with Crippen molar-refractivity contribution in [2.75, 3.05) is 0 Å². The van der Waals surface area contributed by atoms with E-state index in [-0.39, 0.29) is 5.70 Å². The van der Waals surface area contributed by atoms with Crippen molar-refractivity contribution in [2.24, 2.45) is 0 Å². The van der Waals surface area contributed by atoms with Gasteiger partial charge in [-0.25, -0.2) is 4.79 Å². The number of hydrogen-bond donors (Lipinski definition) is 2. The van der Waals surface area contributed by atoms with Crippen molar-refractivity contribution in [2.45, 2.75) is 20.5 Å². The number of aryl methyl sites for hydroxylation is 1. The zero-order chi connectivity index (χ0) is 17.5. The maximum Gasteiger partial charge on any atom is 0.352 e. The molecule has 2 aromatic rings. The van der Waals surface area contributed by atoms with Gasteiger partial charge in [-0.2, -0.15) is 0 Å². The highest BCUT2D eigenvalue weighted by molar-refractivity contribution is 5.96. The van der Waals surface area contributed by atoms with E-state index in [1.165, 1.54) is 13.0 Å². The van der Waals surface area contributed by atoms with E-state index >= 15 is 0 Å². The van der Waals surface area contributed by atoms with E-state index in [0.29, 0.717) is 17.9 Å². The van der Waals surface area contributed by atoms with Crippen LogP contribution in [0.25, 0.3) is 6.08 Å². The highest BCUT2D eigenvalue weighted by Gasteiger charge is 2.09. The zero-order valence-corrected chi connectivity index (χ0v) is 13.6. The predicted molar refractivity (Wildman–Crippen MR) is 91.4 cm³/mol. The predicted octanol–water partition coefficient (Wildman–Crippen LogP) is 3.14. The summed E-state index contributed by atoms with van der Waals surface area (Å²) in [5, 5.41) is 11.4. The first kappa shape index (κ1) is 17.3. The molecule has 0 aliphatic heterocycles. The second kappa shape index (κ2) is 7.97. The Morgan fingerprint density at radius 1 is 1.17 bits per heavy atom. The summed E-state index contributed by atoms with van der Waals surface area (Å²) in [6.07, 6.45) is 1.39. The standard InChI is InChI=1S/C19H19NO4/c1-13-6-3-4-8-16(13)12-24-17-9-5-7-15(10-17)11-18(19(22)23)20-14(2)21/h3-11H,12H2,1-2H3,(H,20,21)(H,22,23). The Balaban J connectivity index is 2.15. The van der Waals surface area contributed by atoms with Gasteiger partial charge in [0.05, 0.1) is 0 Å². The van der Waals surface area contributed by atoms with Crippen LogP contribution < -0.4 is 10.1 Å². The van der Waals surface area contributed by atoms with Crippen LogP contribution in [0, 0.1) is 6.92 Å². The third-order valence-electron chi connectivity index (χ3n) is 3.37. The number of carbonyl (C=O) groups is 2. The molecule has 0 unspecified atom stereocenters. The fourth-order valence-electron chi connectivity index (χ4n) is 2.13. The number of amides is 1. The molecule has 2 aromatic carbocycles. The molecule has 0 fully saturated rings. The molecule has 5 heteroatoms. The smallest absolute Gasteiger partial charge is 0.352 e. The Labute approximate surface area is 140 Å². The number of benzene rings is 2. The maximum absolute atomic E-state index is 11.2. The average molecular weight is 325 g/mol. The Morgan fingerprint density at radius 3 is 2.58 bits per heavy atom. The van der Waals surface area contributed by atoms with Crippen molar-refractivity contribution < 1.29 is 19.4 Å². The van der Waals surface area contributed by atoms with Crippen molar-refractivity contribution in [3.63, 3.8) is 0 Å². The molecule has 124 valence electrons. The van der Waals surface area contributed by atoms with Crippen molar-refractivity contribution >= 4 is 18.0 Å². The monoisotopic (exact) mass is 325 g/mol. The molecule has 0 saturated carbocycles. The molecular formula is C19H19NO4. The maximum atomic E-state index is 11.2. The Hall–Kier alpha value is -3.08. The fraction of sp³-hybridized carbons (Fsp3) is 0.158. The van der Waals surface area contributed by atoms with E-state index in [0.717, 1.165) is 11.1 Å². The first-order valence-corrected chi connectivity index (χ1v) is 7.45. The molecule has 24 heavy (non-hydrogen) atoms. The van der Waals surface area contributed by atoms with Crippen molar-refractivity contribution in [1.82, 2.24) is 5.32 Å². The lowest BCUT2D eigenvalue weighted by Gasteiger charge is -2.09. The van der Waals surface area contributed by atoms with Gasteiger partial charge in [0.25, 0.3) is 0 Å². The first-order valence-electron chi connectivity index (χ1n) is 7.45. The SMILES string of the molecule is CC(=O)NC(=Cc1cccc(OCc2ccccc2C)c1)C(=O)O. The second-order valence-electron chi connectivity index (χ2n) is 5.33. The molecule has 1 amide bonds. The molecule has 0 aliphatic carbocycles. The highest BCUT2D eigenvalue weighted by atomic mass is 16.5. The van der Waals surface area contributed by atoms with Gasteiger partial charge in [0.1, 0.15) is 18.1 Å². The van der Waals surface area contributed by atoms with Crippen LogP contribution in [0.1, 0.15) is 23.6 Å². The van der Waals surface area contributed by atoms with Gasteiger partial charge in [-0.1, -0.05) is 36.4 Å². The van der Waals surface area contributed by atoms with E-state index in [1.807, 2.05) is 31.2 Å². The van der Waals surface area contributed by atoms with Crippen molar-refractivity contribution in [1.29, 1.82) is 0 Å². The molecule has 2 rings (SSSR count). The molecule has 0 heterocycles. The highest BCUT2D eigenvalue weighted by Crippen LogP contribution is 2.18. The zero-order valence-electron chi connectivity index (χ0n) is 13.6. The molecule has 5 nitrogen and oxygen atoms in total. The number of hydrogen-bond acceptors (Lipinski definition) is 3. The van der Waals surface area contributed by atoms with E-state index in [4.69, 9.17) is 9.84 Å². The minimum Gasteiger partial charge on any atom is -0.489 e. The summed E-state index contributed by atoms with van der Waals surface area (Å²) < 4.78 is 5.77. The number of carboxylic acids is 1. The van der Waals surface area contributed by atoms with Crippen LogP contribution >= 0.6 is 0 Å². The number of rotatable bonds is 6. The van der Waals surface area contributed by atoms with Gasteiger partial charge in [0.15, 0.2) is 0 Å². The summed E-state index contributed by atoms with van der Waals surface area (Å²) in [5.41, 5.74) is 2.68. The lowest BCUT2D eigenvalue weighted by molar-refractivity contribution is -0.134. The minimum atomic E-state index is -1.20. The van der Waals surface area contributed by atoms with Crippen LogP contribution in [-0.4, -0.2) is 17.0 Å². The van der Waals surface area contributed by atoms with Gasteiger partial charge in [-0.15, -0.1) is 0 Å². The second-order valence-corrected chi connectivity index (χ2v) is 5.33. The summed E-state index contributed by atoms with van der Waals surface area (Å²) in [6.45, 7) is 3.71. The topological polar surface area (TPSA) is 75.6 Å². The lowest BCUT2D eigenvalue weighted by Crippen LogP contribution is -2.24. The molecule has 0 bridgehead atoms. The van der Waals surface area contributed by atoms with E-state index in [9.17, 15) is 9.59 Å². The first-order chi connectivity index (χ1) is 11.5. The van der Waals surface area contributed by atoms with E-state index in [1.54, 1.807) is 24.3 Å². The Kier molecular flexibility index (Phi) is 5.73. The lowest BCUT2D eigenvalue weighted by atomic mass is 10.1. The number of aliphatic carboxylic acids is 1. The van der Waals surface area contributed by atoms with Crippen LogP contribution in [-0.2, 0) is 16.2 Å². The summed E-state index contributed by atoms with van der Waals surface area (Å²) >= 11 is 0. The molecule has 0 atom stereocenters. The molecule has 0 saturated heterocycles. The molecule has 0 aliphatic rings. The molecule has 0 aromatic heterocycles. The molecular weight excluding hydrogens is 306 g/mol. The number of carboxylic acid groups (broad SMARTS) is 1. The van der Waals surface area contributed by atoms with Gasteiger partial charge in [0.2, 0.25) is 5.91 Å². The van der Waals surface area contributed by atoms with Crippen LogP contribution in [0.2, 0.25) is 0 Å². The quantitative estimate of drug-likeness (QED) is 0.800. The van der Waals surface area contributed by atoms with Gasteiger partial charge in [-0.3, -0.25) is 4.79 Å². The number of carbonyl (C=O) groups excluding carboxylic acids is 1. The molecule has 0 spiro atoms. The Bertz CT molecular complexity index is 780. The van der Waals surface area contributed by atoms with Gasteiger partial charge in [-0.05, 0) is 41.8 Å². The number of ether oxygens (including phenoxy) is 1. The third kappa shape index (κ3) is 4.98. The van der Waals surface area contributed by atoms with Crippen molar-refractivity contribution in [3.8, 4) is 5.75 Å². The third-order valence-corrected chi connectivity index (χ3v) is 3.37. The minimum absolute atomic E-state index is 0.182. The van der Waals surface area contributed by atoms with Gasteiger partial charge in [0, 0.05) is 6.92 Å². The van der Waals surface area contributed by atoms with Gasteiger partial charge >= 0.3 is 5.97 Å². The average Bonchev–Trinajstić information content (AvgIpc) is 2.53. The number of nitrogens with one attached hydrogen (secondary N) is 1. The normalized spacial score (nSPS) is 11.0. The van der Waals surface area contributed by atoms with Gasteiger partial charge < -0.3 is 15.2 Å². The molecule has 0 radical (unpaired) electrons. The van der Waals surface area contributed by atoms with Crippen LogP contribution in [0.15, 0.2) is 54.2 Å². The van der Waals surface area contributed by atoms with Crippen molar-refractivity contribution in [3.05, 3.63) is 70.9 Å². The molecule has 2 N–H and O–H groups in total.